The Bertz CT molecular complexity index is 376. The van der Waals surface area contributed by atoms with Crippen LogP contribution in [0.15, 0.2) is 4.99 Å². The number of amidine groups is 1. The van der Waals surface area contributed by atoms with Gasteiger partial charge in [-0.1, -0.05) is 51.5 Å². The summed E-state index contributed by atoms with van der Waals surface area (Å²) >= 11 is 1.91. The highest BCUT2D eigenvalue weighted by atomic mass is 32.2. The van der Waals surface area contributed by atoms with Gasteiger partial charge in [0.15, 0.2) is 0 Å². The van der Waals surface area contributed by atoms with Gasteiger partial charge < -0.3 is 4.31 Å². The lowest BCUT2D eigenvalue weighted by molar-refractivity contribution is 0.156. The second kappa shape index (κ2) is 8.08. The minimum atomic E-state index is 0.414. The summed E-state index contributed by atoms with van der Waals surface area (Å²) in [5.74, 6) is 2.21. The molecule has 0 N–H and O–H groups in total. The number of hydrogen-bond acceptors (Lipinski definition) is 2. The maximum Gasteiger partial charge on any atom is 0.109 e. The molecular formula is C19H36N2S. The van der Waals surface area contributed by atoms with Crippen LogP contribution in [0.5, 0.6) is 0 Å². The second-order valence-electron chi connectivity index (χ2n) is 8.33. The third-order valence-electron chi connectivity index (χ3n) is 5.36. The van der Waals surface area contributed by atoms with Crippen molar-refractivity contribution in [2.24, 2.45) is 16.3 Å². The summed E-state index contributed by atoms with van der Waals surface area (Å²) in [5, 5.41) is 0. The zero-order valence-corrected chi connectivity index (χ0v) is 16.2. The number of nitrogens with zero attached hydrogens (tertiary/aromatic N) is 2. The standard InChI is InChI=1S/C19H36N2S/c1-15(2)20-18-12-11-16-14-19(3,4)13-9-7-6-8-10-17(16)21(18)22-5/h15-17H,6-14H2,1-5H3/b20-18+. The molecule has 2 atom stereocenters. The summed E-state index contributed by atoms with van der Waals surface area (Å²) in [7, 11) is 0. The molecule has 2 rings (SSSR count). The SMILES string of the molecule is CSN1/C(=N/C(C)C)CCC2CC(C)(C)CCCCCCC21. The summed E-state index contributed by atoms with van der Waals surface area (Å²) in [4.78, 5) is 4.93. The number of hydrogen-bond donors (Lipinski definition) is 0. The highest BCUT2D eigenvalue weighted by Gasteiger charge is 2.37. The van der Waals surface area contributed by atoms with E-state index < -0.39 is 0 Å². The first-order valence-corrected chi connectivity index (χ1v) is 10.5. The lowest BCUT2D eigenvalue weighted by atomic mass is 9.72. The molecule has 128 valence electrons. The Morgan fingerprint density at radius 2 is 1.86 bits per heavy atom. The van der Waals surface area contributed by atoms with Crippen molar-refractivity contribution in [1.82, 2.24) is 4.31 Å². The summed E-state index contributed by atoms with van der Waals surface area (Å²) in [6.45, 7) is 9.39. The van der Waals surface area contributed by atoms with Crippen molar-refractivity contribution in [2.75, 3.05) is 6.26 Å². The van der Waals surface area contributed by atoms with Gasteiger partial charge in [0.25, 0.3) is 0 Å². The molecule has 0 radical (unpaired) electrons. The van der Waals surface area contributed by atoms with Gasteiger partial charge in [-0.25, -0.2) is 0 Å². The van der Waals surface area contributed by atoms with Crippen molar-refractivity contribution in [1.29, 1.82) is 0 Å². The summed E-state index contributed by atoms with van der Waals surface area (Å²) in [5.41, 5.74) is 0.511. The van der Waals surface area contributed by atoms with Crippen molar-refractivity contribution in [3.05, 3.63) is 0 Å². The summed E-state index contributed by atoms with van der Waals surface area (Å²) in [6.07, 6.45) is 14.6. The van der Waals surface area contributed by atoms with Crippen molar-refractivity contribution < 1.29 is 0 Å². The predicted molar refractivity (Wildman–Crippen MR) is 101 cm³/mol. The van der Waals surface area contributed by atoms with Gasteiger partial charge in [-0.15, -0.1) is 0 Å². The zero-order chi connectivity index (χ0) is 16.2. The zero-order valence-electron chi connectivity index (χ0n) is 15.4. The summed E-state index contributed by atoms with van der Waals surface area (Å²) < 4.78 is 2.59. The van der Waals surface area contributed by atoms with E-state index in [1.807, 2.05) is 11.9 Å². The van der Waals surface area contributed by atoms with E-state index in [0.717, 1.165) is 5.92 Å². The number of rotatable bonds is 2. The molecule has 3 heteroatoms. The van der Waals surface area contributed by atoms with Gasteiger partial charge in [0, 0.05) is 24.8 Å². The Labute approximate surface area is 142 Å². The van der Waals surface area contributed by atoms with E-state index in [1.165, 1.54) is 63.6 Å². The van der Waals surface area contributed by atoms with Crippen LogP contribution in [0.4, 0.5) is 0 Å². The van der Waals surface area contributed by atoms with Crippen LogP contribution < -0.4 is 0 Å². The van der Waals surface area contributed by atoms with Gasteiger partial charge in [0.1, 0.15) is 5.84 Å². The van der Waals surface area contributed by atoms with Gasteiger partial charge in [-0.05, 0) is 50.9 Å². The molecule has 1 saturated heterocycles. The van der Waals surface area contributed by atoms with Crippen molar-refractivity contribution in [3.63, 3.8) is 0 Å². The Morgan fingerprint density at radius 1 is 1.14 bits per heavy atom. The number of aliphatic imine (C=N–C) groups is 1. The first kappa shape index (κ1) is 18.2. The van der Waals surface area contributed by atoms with Crippen molar-refractivity contribution >= 4 is 17.8 Å². The number of fused-ring (bicyclic) bond motifs is 1. The van der Waals surface area contributed by atoms with Gasteiger partial charge in [0.05, 0.1) is 0 Å². The van der Waals surface area contributed by atoms with Crippen LogP contribution in [0.1, 0.15) is 85.5 Å². The fourth-order valence-corrected chi connectivity index (χ4v) is 5.27. The lowest BCUT2D eigenvalue weighted by Gasteiger charge is -2.45. The largest absolute Gasteiger partial charge is 0.301 e. The molecule has 2 unspecified atom stereocenters. The van der Waals surface area contributed by atoms with E-state index in [9.17, 15) is 0 Å². The van der Waals surface area contributed by atoms with Crippen molar-refractivity contribution in [2.45, 2.75) is 97.6 Å². The van der Waals surface area contributed by atoms with E-state index >= 15 is 0 Å². The van der Waals surface area contributed by atoms with Gasteiger partial charge in [-0.2, -0.15) is 0 Å². The van der Waals surface area contributed by atoms with E-state index in [-0.39, 0.29) is 0 Å². The lowest BCUT2D eigenvalue weighted by Crippen LogP contribution is -2.46. The molecule has 1 heterocycles. The molecule has 0 aromatic carbocycles. The molecule has 0 spiro atoms. The first-order chi connectivity index (χ1) is 10.4. The Kier molecular flexibility index (Phi) is 6.67. The molecule has 2 aliphatic rings. The Hall–Kier alpha value is -0.180. The highest BCUT2D eigenvalue weighted by molar-refractivity contribution is 7.96. The molecule has 2 fully saturated rings. The van der Waals surface area contributed by atoms with Crippen LogP contribution in [0.3, 0.4) is 0 Å². The molecule has 0 aromatic rings. The monoisotopic (exact) mass is 324 g/mol. The minimum Gasteiger partial charge on any atom is -0.301 e. The molecule has 1 aliphatic carbocycles. The van der Waals surface area contributed by atoms with E-state index in [2.05, 4.69) is 38.3 Å². The maximum atomic E-state index is 4.93. The fourth-order valence-electron chi connectivity index (χ4n) is 4.37. The van der Waals surface area contributed by atoms with Crippen LogP contribution >= 0.6 is 11.9 Å². The molecule has 0 amide bonds. The van der Waals surface area contributed by atoms with Crippen LogP contribution in [-0.2, 0) is 0 Å². The van der Waals surface area contributed by atoms with Gasteiger partial charge >= 0.3 is 0 Å². The fraction of sp³-hybridized carbons (Fsp3) is 0.947. The first-order valence-electron chi connectivity index (χ1n) is 9.33. The highest BCUT2D eigenvalue weighted by Crippen LogP contribution is 2.42. The molecule has 22 heavy (non-hydrogen) atoms. The predicted octanol–water partition coefficient (Wildman–Crippen LogP) is 5.92. The molecule has 0 bridgehead atoms. The summed E-state index contributed by atoms with van der Waals surface area (Å²) in [6, 6.07) is 1.12. The quantitative estimate of drug-likeness (QED) is 0.586. The molecule has 2 nitrogen and oxygen atoms in total. The molecule has 1 saturated carbocycles. The molecule has 0 aromatic heterocycles. The number of piperidine rings is 1. The van der Waals surface area contributed by atoms with Gasteiger partial charge in [0.2, 0.25) is 0 Å². The third-order valence-corrected chi connectivity index (χ3v) is 6.24. The Balaban J connectivity index is 2.19. The van der Waals surface area contributed by atoms with Crippen LogP contribution in [0, 0.1) is 11.3 Å². The molecule has 1 aliphatic heterocycles. The van der Waals surface area contributed by atoms with Crippen LogP contribution in [0.2, 0.25) is 0 Å². The van der Waals surface area contributed by atoms with E-state index in [1.54, 1.807) is 0 Å². The second-order valence-corrected chi connectivity index (χ2v) is 9.09. The normalized spacial score (nSPS) is 32.1. The maximum absolute atomic E-state index is 4.93. The van der Waals surface area contributed by atoms with E-state index in [0.29, 0.717) is 17.5 Å². The minimum absolute atomic E-state index is 0.414. The average Bonchev–Trinajstić information content (AvgIpc) is 2.44. The average molecular weight is 325 g/mol. The third kappa shape index (κ3) is 4.91. The van der Waals surface area contributed by atoms with Crippen molar-refractivity contribution in [3.8, 4) is 0 Å². The van der Waals surface area contributed by atoms with Crippen LogP contribution in [-0.4, -0.2) is 28.5 Å². The van der Waals surface area contributed by atoms with E-state index in [4.69, 9.17) is 4.99 Å². The topological polar surface area (TPSA) is 15.6 Å². The van der Waals surface area contributed by atoms with Crippen LogP contribution in [0.25, 0.3) is 0 Å². The molecular weight excluding hydrogens is 288 g/mol. The Morgan fingerprint density at radius 3 is 2.55 bits per heavy atom. The smallest absolute Gasteiger partial charge is 0.109 e. The van der Waals surface area contributed by atoms with Gasteiger partial charge in [-0.3, -0.25) is 4.99 Å².